The number of carbonyl (C=O) groups excluding carboxylic acids is 3. The molecule has 27 heavy (non-hydrogen) atoms. The number of benzene rings is 2. The van der Waals surface area contributed by atoms with Gasteiger partial charge in [0, 0.05) is 24.7 Å². The zero-order valence-corrected chi connectivity index (χ0v) is 15.3. The number of nitrogens with one attached hydrogen (secondary N) is 2. The molecule has 0 saturated carbocycles. The number of hydrogen-bond donors (Lipinski definition) is 2. The minimum absolute atomic E-state index is 0.0418. The Morgan fingerprint density at radius 1 is 1.00 bits per heavy atom. The Balaban J connectivity index is 1.74. The molecule has 0 saturated heterocycles. The average molecular weight is 370 g/mol. The van der Waals surface area contributed by atoms with E-state index in [1.807, 2.05) is 18.2 Å². The molecule has 7 nitrogen and oxygen atoms in total. The molecule has 7 heteroatoms. The van der Waals surface area contributed by atoms with Crippen molar-refractivity contribution in [2.75, 3.05) is 19.0 Å². The maximum absolute atomic E-state index is 11.9. The lowest BCUT2D eigenvalue weighted by Gasteiger charge is -2.10. The predicted octanol–water partition coefficient (Wildman–Crippen LogP) is 2.06. The monoisotopic (exact) mass is 370 g/mol. The molecule has 0 spiro atoms. The summed E-state index contributed by atoms with van der Waals surface area (Å²) in [5, 5.41) is 5.33. The zero-order valence-electron chi connectivity index (χ0n) is 15.3. The third-order valence-electron chi connectivity index (χ3n) is 3.66. The first-order valence-corrected chi connectivity index (χ1v) is 8.38. The van der Waals surface area contributed by atoms with Crippen LogP contribution in [0.15, 0.2) is 48.5 Å². The van der Waals surface area contributed by atoms with Crippen molar-refractivity contribution in [3.05, 3.63) is 59.7 Å². The van der Waals surface area contributed by atoms with Crippen molar-refractivity contribution in [3.63, 3.8) is 0 Å². The third-order valence-corrected chi connectivity index (χ3v) is 3.66. The Morgan fingerprint density at radius 3 is 2.37 bits per heavy atom. The van der Waals surface area contributed by atoms with Gasteiger partial charge in [-0.2, -0.15) is 0 Å². The van der Waals surface area contributed by atoms with Gasteiger partial charge in [-0.25, -0.2) is 0 Å². The van der Waals surface area contributed by atoms with Gasteiger partial charge in [-0.05, 0) is 23.8 Å². The van der Waals surface area contributed by atoms with Crippen LogP contribution in [-0.4, -0.2) is 31.5 Å². The van der Waals surface area contributed by atoms with Gasteiger partial charge in [0.05, 0.1) is 13.5 Å². The zero-order chi connectivity index (χ0) is 19.6. The highest BCUT2D eigenvalue weighted by atomic mass is 16.5. The number of hydrogen-bond acceptors (Lipinski definition) is 5. The SMILES string of the molecule is COc1ccccc1CNC(=O)COC(=O)Cc1ccc(NC(C)=O)cc1. The van der Waals surface area contributed by atoms with Crippen LogP contribution in [0.1, 0.15) is 18.1 Å². The summed E-state index contributed by atoms with van der Waals surface area (Å²) >= 11 is 0. The summed E-state index contributed by atoms with van der Waals surface area (Å²) in [4.78, 5) is 34.7. The molecule has 0 fully saturated rings. The van der Waals surface area contributed by atoms with Gasteiger partial charge in [0.2, 0.25) is 5.91 Å². The first kappa shape index (κ1) is 20.0. The van der Waals surface area contributed by atoms with E-state index in [2.05, 4.69) is 10.6 Å². The molecule has 142 valence electrons. The van der Waals surface area contributed by atoms with Gasteiger partial charge in [-0.15, -0.1) is 0 Å². The van der Waals surface area contributed by atoms with Crippen molar-refractivity contribution in [2.24, 2.45) is 0 Å². The van der Waals surface area contributed by atoms with E-state index in [0.717, 1.165) is 11.1 Å². The summed E-state index contributed by atoms with van der Waals surface area (Å²) in [6.07, 6.45) is 0.0418. The molecular weight excluding hydrogens is 348 g/mol. The van der Waals surface area contributed by atoms with Crippen molar-refractivity contribution >= 4 is 23.5 Å². The molecule has 0 heterocycles. The van der Waals surface area contributed by atoms with E-state index in [9.17, 15) is 14.4 Å². The number of carbonyl (C=O) groups is 3. The summed E-state index contributed by atoms with van der Waals surface area (Å²) < 4.78 is 10.2. The standard InChI is InChI=1S/C20H22N2O5/c1-14(23)22-17-9-7-15(8-10-17)11-20(25)27-13-19(24)21-12-16-5-3-4-6-18(16)26-2/h3-10H,11-13H2,1-2H3,(H,21,24)(H,22,23). The number of ether oxygens (including phenoxy) is 2. The first-order chi connectivity index (χ1) is 13.0. The second-order valence-corrected chi connectivity index (χ2v) is 5.80. The first-order valence-electron chi connectivity index (χ1n) is 8.38. The van der Waals surface area contributed by atoms with Gasteiger partial charge < -0.3 is 20.1 Å². The van der Waals surface area contributed by atoms with Crippen LogP contribution in [0, 0.1) is 0 Å². The van der Waals surface area contributed by atoms with Crippen molar-refractivity contribution in [2.45, 2.75) is 19.9 Å². The van der Waals surface area contributed by atoms with E-state index in [-0.39, 0.29) is 25.5 Å². The average Bonchev–Trinajstić information content (AvgIpc) is 2.66. The molecule has 0 bridgehead atoms. The van der Waals surface area contributed by atoms with Crippen LogP contribution in [0.5, 0.6) is 5.75 Å². The summed E-state index contributed by atoms with van der Waals surface area (Å²) in [5.74, 6) is -0.385. The fourth-order valence-corrected chi connectivity index (χ4v) is 2.37. The number of esters is 1. The van der Waals surface area contributed by atoms with E-state index in [4.69, 9.17) is 9.47 Å². The molecule has 2 aromatic rings. The number of rotatable bonds is 8. The van der Waals surface area contributed by atoms with Crippen LogP contribution in [0.3, 0.4) is 0 Å². The largest absolute Gasteiger partial charge is 0.496 e. The Hall–Kier alpha value is -3.35. The molecule has 0 aliphatic carbocycles. The molecule has 0 aliphatic rings. The van der Waals surface area contributed by atoms with Gasteiger partial charge >= 0.3 is 5.97 Å². The fourth-order valence-electron chi connectivity index (χ4n) is 2.37. The second kappa shape index (κ2) is 9.96. The topological polar surface area (TPSA) is 93.7 Å². The van der Waals surface area contributed by atoms with Crippen LogP contribution in [0.25, 0.3) is 0 Å². The fraction of sp³-hybridized carbons (Fsp3) is 0.250. The molecule has 0 aromatic heterocycles. The molecule has 2 amide bonds. The van der Waals surface area contributed by atoms with Gasteiger partial charge in [-0.3, -0.25) is 14.4 Å². The predicted molar refractivity (Wildman–Crippen MR) is 100 cm³/mol. The Morgan fingerprint density at radius 2 is 1.70 bits per heavy atom. The summed E-state index contributed by atoms with van der Waals surface area (Å²) in [7, 11) is 1.56. The summed E-state index contributed by atoms with van der Waals surface area (Å²) in [5.41, 5.74) is 2.21. The highest BCUT2D eigenvalue weighted by Gasteiger charge is 2.10. The van der Waals surface area contributed by atoms with Gasteiger partial charge in [0.1, 0.15) is 5.75 Å². The van der Waals surface area contributed by atoms with Crippen molar-refractivity contribution in [3.8, 4) is 5.75 Å². The molecule has 0 radical (unpaired) electrons. The van der Waals surface area contributed by atoms with E-state index in [0.29, 0.717) is 11.4 Å². The minimum Gasteiger partial charge on any atom is -0.496 e. The molecular formula is C20H22N2O5. The number of anilines is 1. The second-order valence-electron chi connectivity index (χ2n) is 5.80. The maximum atomic E-state index is 11.9. The summed E-state index contributed by atoms with van der Waals surface area (Å²) in [6.45, 7) is 1.35. The normalized spacial score (nSPS) is 10.0. The lowest BCUT2D eigenvalue weighted by Crippen LogP contribution is -2.28. The third kappa shape index (κ3) is 6.81. The van der Waals surface area contributed by atoms with Gasteiger partial charge in [0.15, 0.2) is 6.61 Å². The molecule has 2 aromatic carbocycles. The van der Waals surface area contributed by atoms with Crippen molar-refractivity contribution < 1.29 is 23.9 Å². The number of para-hydroxylation sites is 1. The summed E-state index contributed by atoms with van der Waals surface area (Å²) in [6, 6.07) is 14.2. The Bertz CT molecular complexity index is 802. The van der Waals surface area contributed by atoms with E-state index in [1.165, 1.54) is 6.92 Å². The highest BCUT2D eigenvalue weighted by Crippen LogP contribution is 2.16. The van der Waals surface area contributed by atoms with Crippen molar-refractivity contribution in [1.29, 1.82) is 0 Å². The molecule has 0 atom stereocenters. The number of methoxy groups -OCH3 is 1. The Kier molecular flexibility index (Phi) is 7.37. The van der Waals surface area contributed by atoms with Gasteiger partial charge in [-0.1, -0.05) is 30.3 Å². The van der Waals surface area contributed by atoms with Crippen LogP contribution < -0.4 is 15.4 Å². The molecule has 0 aliphatic heterocycles. The number of amides is 2. The van der Waals surface area contributed by atoms with Crippen LogP contribution in [0.4, 0.5) is 5.69 Å². The molecule has 2 N–H and O–H groups in total. The molecule has 2 rings (SSSR count). The minimum atomic E-state index is -0.505. The highest BCUT2D eigenvalue weighted by molar-refractivity contribution is 5.88. The maximum Gasteiger partial charge on any atom is 0.310 e. The quantitative estimate of drug-likeness (QED) is 0.694. The van der Waals surface area contributed by atoms with Crippen LogP contribution in [-0.2, 0) is 32.1 Å². The lowest BCUT2D eigenvalue weighted by molar-refractivity contribution is -0.147. The van der Waals surface area contributed by atoms with Gasteiger partial charge in [0.25, 0.3) is 5.91 Å². The van der Waals surface area contributed by atoms with E-state index in [1.54, 1.807) is 37.4 Å². The lowest BCUT2D eigenvalue weighted by atomic mass is 10.1. The van der Waals surface area contributed by atoms with E-state index >= 15 is 0 Å². The molecule has 0 unspecified atom stereocenters. The van der Waals surface area contributed by atoms with Crippen LogP contribution in [0.2, 0.25) is 0 Å². The Labute approximate surface area is 157 Å². The van der Waals surface area contributed by atoms with Crippen LogP contribution >= 0.6 is 0 Å². The smallest absolute Gasteiger partial charge is 0.310 e. The van der Waals surface area contributed by atoms with E-state index < -0.39 is 11.9 Å². The van der Waals surface area contributed by atoms with Crippen molar-refractivity contribution in [1.82, 2.24) is 5.32 Å².